The van der Waals surface area contributed by atoms with Gasteiger partial charge in [-0.1, -0.05) is 45.2 Å². The molecule has 1 rings (SSSR count). The maximum atomic E-state index is 12.0. The van der Waals surface area contributed by atoms with Crippen LogP contribution in [0.4, 0.5) is 10.5 Å². The number of hydrogen-bond acceptors (Lipinski definition) is 1. The van der Waals surface area contributed by atoms with Gasteiger partial charge in [-0.2, -0.15) is 0 Å². The third kappa shape index (κ3) is 4.87. The molecule has 3 heteroatoms. The third-order valence-electron chi connectivity index (χ3n) is 3.76. The van der Waals surface area contributed by atoms with Gasteiger partial charge in [-0.3, -0.25) is 0 Å². The van der Waals surface area contributed by atoms with Crippen LogP contribution in [0, 0.1) is 13.8 Å². The lowest BCUT2D eigenvalue weighted by atomic mass is 10.0. The van der Waals surface area contributed by atoms with E-state index in [2.05, 4.69) is 50.5 Å². The lowest BCUT2D eigenvalue weighted by Crippen LogP contribution is -2.30. The second-order valence-corrected chi connectivity index (χ2v) is 5.34. The molecule has 0 aromatic heterocycles. The Hall–Kier alpha value is -1.51. The predicted molar refractivity (Wildman–Crippen MR) is 86.5 cm³/mol. The normalized spacial score (nSPS) is 10.4. The Kier molecular flexibility index (Phi) is 7.13. The first kappa shape index (κ1) is 16.5. The van der Waals surface area contributed by atoms with E-state index in [-0.39, 0.29) is 6.03 Å². The lowest BCUT2D eigenvalue weighted by Gasteiger charge is -2.15. The van der Waals surface area contributed by atoms with Gasteiger partial charge in [-0.05, 0) is 43.4 Å². The number of rotatable bonds is 7. The number of urea groups is 1. The molecule has 0 spiro atoms. The molecule has 0 heterocycles. The van der Waals surface area contributed by atoms with Gasteiger partial charge in [0.15, 0.2) is 0 Å². The minimum Gasteiger partial charge on any atom is -0.338 e. The van der Waals surface area contributed by atoms with Gasteiger partial charge in [0.2, 0.25) is 0 Å². The Labute approximate surface area is 123 Å². The zero-order valence-electron chi connectivity index (χ0n) is 13.3. The summed E-state index contributed by atoms with van der Waals surface area (Å²) < 4.78 is 0. The largest absolute Gasteiger partial charge is 0.338 e. The van der Waals surface area contributed by atoms with E-state index in [4.69, 9.17) is 0 Å². The van der Waals surface area contributed by atoms with E-state index in [9.17, 15) is 4.79 Å². The predicted octanol–water partition coefficient (Wildman–Crippen LogP) is 4.57. The highest BCUT2D eigenvalue weighted by atomic mass is 16.2. The smallest absolute Gasteiger partial charge is 0.319 e. The maximum absolute atomic E-state index is 12.0. The van der Waals surface area contributed by atoms with Gasteiger partial charge < -0.3 is 10.6 Å². The van der Waals surface area contributed by atoms with Crippen molar-refractivity contribution in [1.82, 2.24) is 5.32 Å². The number of carbonyl (C=O) groups excluding carboxylic acids is 1. The Morgan fingerprint density at radius 2 is 1.85 bits per heavy atom. The molecule has 112 valence electrons. The Bertz CT molecular complexity index is 441. The number of aryl methyl sites for hydroxylation is 2. The zero-order valence-corrected chi connectivity index (χ0v) is 13.3. The van der Waals surface area contributed by atoms with Crippen molar-refractivity contribution in [2.45, 2.75) is 59.8 Å². The Morgan fingerprint density at radius 3 is 2.50 bits per heavy atom. The number of amides is 2. The summed E-state index contributed by atoms with van der Waals surface area (Å²) in [5.74, 6) is 0. The molecule has 2 amide bonds. The number of nitrogens with one attached hydrogen (secondary N) is 2. The zero-order chi connectivity index (χ0) is 15.0. The molecule has 0 saturated carbocycles. The highest BCUT2D eigenvalue weighted by Crippen LogP contribution is 2.24. The summed E-state index contributed by atoms with van der Waals surface area (Å²) in [5, 5.41) is 5.95. The molecule has 0 radical (unpaired) electrons. The van der Waals surface area contributed by atoms with E-state index >= 15 is 0 Å². The van der Waals surface area contributed by atoms with Crippen LogP contribution >= 0.6 is 0 Å². The molecule has 0 saturated heterocycles. The molecule has 20 heavy (non-hydrogen) atoms. The van der Waals surface area contributed by atoms with Crippen molar-refractivity contribution in [3.8, 4) is 0 Å². The Morgan fingerprint density at radius 1 is 1.10 bits per heavy atom. The summed E-state index contributed by atoms with van der Waals surface area (Å²) in [6.45, 7) is 9.18. The molecule has 0 unspecified atom stereocenters. The first-order valence-corrected chi connectivity index (χ1v) is 7.74. The highest BCUT2D eigenvalue weighted by Gasteiger charge is 2.09. The second kappa shape index (κ2) is 8.62. The van der Waals surface area contributed by atoms with E-state index < -0.39 is 0 Å². The van der Waals surface area contributed by atoms with Crippen molar-refractivity contribution < 1.29 is 4.79 Å². The van der Waals surface area contributed by atoms with E-state index in [1.807, 2.05) is 0 Å². The van der Waals surface area contributed by atoms with Gasteiger partial charge in [-0.15, -0.1) is 0 Å². The SMILES string of the molecule is CCCCCCNC(=O)Nc1c(CC)ccc(C)c1C. The van der Waals surface area contributed by atoms with Crippen molar-refractivity contribution >= 4 is 11.7 Å². The molecule has 0 aliphatic heterocycles. The quantitative estimate of drug-likeness (QED) is 0.704. The van der Waals surface area contributed by atoms with E-state index in [0.29, 0.717) is 0 Å². The number of anilines is 1. The highest BCUT2D eigenvalue weighted by molar-refractivity contribution is 5.91. The summed E-state index contributed by atoms with van der Waals surface area (Å²) in [4.78, 5) is 12.0. The van der Waals surface area contributed by atoms with Crippen LogP contribution in [0.1, 0.15) is 56.2 Å². The van der Waals surface area contributed by atoms with Crippen molar-refractivity contribution in [2.24, 2.45) is 0 Å². The van der Waals surface area contributed by atoms with Crippen molar-refractivity contribution in [3.63, 3.8) is 0 Å². The number of benzene rings is 1. The van der Waals surface area contributed by atoms with Crippen LogP contribution in [-0.4, -0.2) is 12.6 Å². The molecular weight excluding hydrogens is 248 g/mol. The Balaban J connectivity index is 2.55. The van der Waals surface area contributed by atoms with Crippen LogP contribution < -0.4 is 10.6 Å². The average molecular weight is 276 g/mol. The third-order valence-corrected chi connectivity index (χ3v) is 3.76. The molecule has 0 aliphatic rings. The molecule has 0 atom stereocenters. The number of hydrogen-bond donors (Lipinski definition) is 2. The fraction of sp³-hybridized carbons (Fsp3) is 0.588. The van der Waals surface area contributed by atoms with E-state index in [1.165, 1.54) is 30.4 Å². The van der Waals surface area contributed by atoms with Gasteiger partial charge in [-0.25, -0.2) is 4.79 Å². The van der Waals surface area contributed by atoms with Gasteiger partial charge in [0.1, 0.15) is 0 Å². The molecule has 0 aliphatic carbocycles. The van der Waals surface area contributed by atoms with Crippen molar-refractivity contribution in [2.75, 3.05) is 11.9 Å². The fourth-order valence-electron chi connectivity index (χ4n) is 2.25. The van der Waals surface area contributed by atoms with Crippen molar-refractivity contribution in [3.05, 3.63) is 28.8 Å². The topological polar surface area (TPSA) is 41.1 Å². The molecule has 2 N–H and O–H groups in total. The lowest BCUT2D eigenvalue weighted by molar-refractivity contribution is 0.252. The monoisotopic (exact) mass is 276 g/mol. The minimum atomic E-state index is -0.0927. The van der Waals surface area contributed by atoms with Crippen molar-refractivity contribution in [1.29, 1.82) is 0 Å². The molecular formula is C17H28N2O. The summed E-state index contributed by atoms with van der Waals surface area (Å²) in [6, 6.07) is 4.12. The average Bonchev–Trinajstić information content (AvgIpc) is 2.44. The fourth-order valence-corrected chi connectivity index (χ4v) is 2.25. The summed E-state index contributed by atoms with van der Waals surface area (Å²) in [5.41, 5.74) is 4.53. The van der Waals surface area contributed by atoms with Gasteiger partial charge in [0.05, 0.1) is 0 Å². The van der Waals surface area contributed by atoms with Gasteiger partial charge in [0, 0.05) is 12.2 Å². The molecule has 0 bridgehead atoms. The first-order chi connectivity index (χ1) is 9.60. The summed E-state index contributed by atoms with van der Waals surface area (Å²) >= 11 is 0. The van der Waals surface area contributed by atoms with Crippen LogP contribution in [-0.2, 0) is 6.42 Å². The van der Waals surface area contributed by atoms with Crippen LogP contribution in [0.5, 0.6) is 0 Å². The van der Waals surface area contributed by atoms with Crippen LogP contribution in [0.3, 0.4) is 0 Å². The van der Waals surface area contributed by atoms with Crippen LogP contribution in [0.25, 0.3) is 0 Å². The molecule has 1 aromatic carbocycles. The second-order valence-electron chi connectivity index (χ2n) is 5.34. The van der Waals surface area contributed by atoms with E-state index in [0.717, 1.165) is 30.6 Å². The van der Waals surface area contributed by atoms with Gasteiger partial charge in [0.25, 0.3) is 0 Å². The molecule has 1 aromatic rings. The van der Waals surface area contributed by atoms with Crippen LogP contribution in [0.15, 0.2) is 12.1 Å². The first-order valence-electron chi connectivity index (χ1n) is 7.74. The maximum Gasteiger partial charge on any atom is 0.319 e. The van der Waals surface area contributed by atoms with Crippen LogP contribution in [0.2, 0.25) is 0 Å². The number of unbranched alkanes of at least 4 members (excludes halogenated alkanes) is 3. The summed E-state index contributed by atoms with van der Waals surface area (Å²) in [6.07, 6.45) is 5.61. The summed E-state index contributed by atoms with van der Waals surface area (Å²) in [7, 11) is 0. The molecule has 3 nitrogen and oxygen atoms in total. The minimum absolute atomic E-state index is 0.0927. The van der Waals surface area contributed by atoms with Gasteiger partial charge >= 0.3 is 6.03 Å². The number of carbonyl (C=O) groups is 1. The standard InChI is InChI=1S/C17H28N2O/c1-5-7-8-9-12-18-17(20)19-16-14(4)13(3)10-11-15(16)6-2/h10-11H,5-9,12H2,1-4H3,(H2,18,19,20). The van der Waals surface area contributed by atoms with E-state index in [1.54, 1.807) is 0 Å². The molecule has 0 fully saturated rings.